The number of aryl methyl sites for hydroxylation is 2. The van der Waals surface area contributed by atoms with Crippen molar-refractivity contribution in [1.29, 1.82) is 0 Å². The van der Waals surface area contributed by atoms with Gasteiger partial charge in [-0.15, -0.1) is 0 Å². The molecule has 0 bridgehead atoms. The summed E-state index contributed by atoms with van der Waals surface area (Å²) in [4.78, 5) is 10.6. The minimum absolute atomic E-state index is 0.114. The molecule has 0 spiro atoms. The molecule has 0 saturated carbocycles. The summed E-state index contributed by atoms with van der Waals surface area (Å²) in [5, 5.41) is 14.1. The highest BCUT2D eigenvalue weighted by Gasteiger charge is 2.13. The van der Waals surface area contributed by atoms with Crippen LogP contribution in [-0.4, -0.2) is 9.49 Å². The van der Waals surface area contributed by atoms with Gasteiger partial charge in [-0.3, -0.25) is 10.1 Å². The Hall–Kier alpha value is -2.30. The molecule has 0 saturated heterocycles. The maximum absolute atomic E-state index is 11.0. The zero-order valence-corrected chi connectivity index (χ0v) is 11.8. The van der Waals surface area contributed by atoms with E-state index in [-0.39, 0.29) is 10.6 Å². The molecule has 1 heterocycles. The van der Waals surface area contributed by atoms with Crippen molar-refractivity contribution in [2.45, 2.75) is 33.4 Å². The van der Waals surface area contributed by atoms with Crippen LogP contribution in [0.1, 0.15) is 24.5 Å². The Morgan fingerprint density at radius 3 is 2.85 bits per heavy atom. The molecule has 20 heavy (non-hydrogen) atoms. The maximum Gasteiger partial charge on any atom is 0.292 e. The van der Waals surface area contributed by atoms with E-state index in [9.17, 15) is 10.1 Å². The van der Waals surface area contributed by atoms with Crippen LogP contribution >= 0.6 is 0 Å². The van der Waals surface area contributed by atoms with Gasteiger partial charge in [0.2, 0.25) is 0 Å². The zero-order valence-electron chi connectivity index (χ0n) is 11.8. The Labute approximate surface area is 118 Å². The lowest BCUT2D eigenvalue weighted by Crippen LogP contribution is -2.02. The highest BCUT2D eigenvalue weighted by Crippen LogP contribution is 2.25. The number of aromatic nitrogens is 1. The van der Waals surface area contributed by atoms with Gasteiger partial charge in [-0.2, -0.15) is 0 Å². The van der Waals surface area contributed by atoms with Crippen LogP contribution in [0.3, 0.4) is 0 Å². The normalized spacial score (nSPS) is 10.5. The monoisotopic (exact) mass is 273 g/mol. The van der Waals surface area contributed by atoms with Gasteiger partial charge in [-0.25, -0.2) is 0 Å². The number of nitrogens with zero attached hydrogens (tertiary/aromatic N) is 2. The molecule has 2 rings (SSSR count). The number of hydrogen-bond acceptors (Lipinski definition) is 3. The van der Waals surface area contributed by atoms with E-state index < -0.39 is 0 Å². The second-order valence-corrected chi connectivity index (χ2v) is 4.89. The summed E-state index contributed by atoms with van der Waals surface area (Å²) < 4.78 is 2.13. The third kappa shape index (κ3) is 3.38. The third-order valence-corrected chi connectivity index (χ3v) is 3.13. The maximum atomic E-state index is 11.0. The van der Waals surface area contributed by atoms with E-state index in [4.69, 9.17) is 0 Å². The molecule has 1 aromatic carbocycles. The van der Waals surface area contributed by atoms with Crippen LogP contribution in [0.4, 0.5) is 11.4 Å². The SMILES string of the molecule is CCCn1ccc(CNc2cc(C)ccc2[N+](=O)[O-])c1. The van der Waals surface area contributed by atoms with Gasteiger partial charge in [0.15, 0.2) is 0 Å². The second-order valence-electron chi connectivity index (χ2n) is 4.89. The Bertz CT molecular complexity index is 605. The Kier molecular flexibility index (Phi) is 4.40. The van der Waals surface area contributed by atoms with E-state index in [0.29, 0.717) is 12.2 Å². The van der Waals surface area contributed by atoms with E-state index in [1.807, 2.05) is 19.2 Å². The molecule has 2 aromatic rings. The van der Waals surface area contributed by atoms with Gasteiger partial charge in [0.1, 0.15) is 5.69 Å². The van der Waals surface area contributed by atoms with Crippen LogP contribution in [0.2, 0.25) is 0 Å². The summed E-state index contributed by atoms with van der Waals surface area (Å²) in [6.07, 6.45) is 5.19. The first-order valence-corrected chi connectivity index (χ1v) is 6.73. The van der Waals surface area contributed by atoms with Crippen LogP contribution in [0.5, 0.6) is 0 Å². The molecule has 0 amide bonds. The van der Waals surface area contributed by atoms with Crippen LogP contribution in [-0.2, 0) is 13.1 Å². The van der Waals surface area contributed by atoms with Crippen LogP contribution < -0.4 is 5.32 Å². The summed E-state index contributed by atoms with van der Waals surface area (Å²) in [5.41, 5.74) is 2.80. The standard InChI is InChI=1S/C15H19N3O2/c1-3-7-17-8-6-13(11-17)10-16-14-9-12(2)4-5-15(14)18(19)20/h4-6,8-9,11,16H,3,7,10H2,1-2H3. The number of nitro benzene ring substituents is 1. The number of rotatable bonds is 6. The van der Waals surface area contributed by atoms with Crippen molar-refractivity contribution in [3.05, 3.63) is 57.9 Å². The lowest BCUT2D eigenvalue weighted by Gasteiger charge is -2.07. The predicted molar refractivity (Wildman–Crippen MR) is 79.9 cm³/mol. The second kappa shape index (κ2) is 6.23. The first kappa shape index (κ1) is 14.1. The van der Waals surface area contributed by atoms with Crippen molar-refractivity contribution >= 4 is 11.4 Å². The topological polar surface area (TPSA) is 60.1 Å². The predicted octanol–water partition coefficient (Wildman–Crippen LogP) is 3.73. The lowest BCUT2D eigenvalue weighted by atomic mass is 10.2. The van der Waals surface area contributed by atoms with Gasteiger partial charge in [-0.1, -0.05) is 13.0 Å². The van der Waals surface area contributed by atoms with E-state index in [1.165, 1.54) is 0 Å². The van der Waals surface area contributed by atoms with Gasteiger partial charge in [0.25, 0.3) is 5.69 Å². The zero-order chi connectivity index (χ0) is 14.5. The molecular formula is C15H19N3O2. The minimum Gasteiger partial charge on any atom is -0.375 e. The summed E-state index contributed by atoms with van der Waals surface area (Å²) in [6, 6.07) is 7.13. The third-order valence-electron chi connectivity index (χ3n) is 3.13. The quantitative estimate of drug-likeness (QED) is 0.644. The van der Waals surface area contributed by atoms with Gasteiger partial charge in [-0.05, 0) is 36.6 Å². The molecular weight excluding hydrogens is 254 g/mol. The molecule has 1 aromatic heterocycles. The summed E-state index contributed by atoms with van der Waals surface area (Å²) >= 11 is 0. The van der Waals surface area contributed by atoms with Crippen molar-refractivity contribution in [3.63, 3.8) is 0 Å². The fourth-order valence-corrected chi connectivity index (χ4v) is 2.14. The average molecular weight is 273 g/mol. The number of benzene rings is 1. The summed E-state index contributed by atoms with van der Waals surface area (Å²) in [6.45, 7) is 5.63. The Balaban J connectivity index is 2.09. The molecule has 1 N–H and O–H groups in total. The number of hydrogen-bond donors (Lipinski definition) is 1. The van der Waals surface area contributed by atoms with Crippen molar-refractivity contribution in [2.24, 2.45) is 0 Å². The largest absolute Gasteiger partial charge is 0.375 e. The van der Waals surface area contributed by atoms with Gasteiger partial charge in [0.05, 0.1) is 4.92 Å². The van der Waals surface area contributed by atoms with E-state index in [2.05, 4.69) is 23.0 Å². The molecule has 0 unspecified atom stereocenters. The van der Waals surface area contributed by atoms with Crippen molar-refractivity contribution in [3.8, 4) is 0 Å². The minimum atomic E-state index is -0.357. The first-order valence-electron chi connectivity index (χ1n) is 6.73. The van der Waals surface area contributed by atoms with Crippen LogP contribution in [0.15, 0.2) is 36.7 Å². The smallest absolute Gasteiger partial charge is 0.292 e. The Morgan fingerprint density at radius 1 is 1.35 bits per heavy atom. The van der Waals surface area contributed by atoms with Gasteiger partial charge >= 0.3 is 0 Å². The number of nitro groups is 1. The Morgan fingerprint density at radius 2 is 2.15 bits per heavy atom. The average Bonchev–Trinajstić information content (AvgIpc) is 2.84. The molecule has 0 atom stereocenters. The van der Waals surface area contributed by atoms with Crippen molar-refractivity contribution < 1.29 is 4.92 Å². The summed E-state index contributed by atoms with van der Waals surface area (Å²) in [7, 11) is 0. The molecule has 0 aliphatic carbocycles. The summed E-state index contributed by atoms with van der Waals surface area (Å²) in [5.74, 6) is 0. The highest BCUT2D eigenvalue weighted by molar-refractivity contribution is 5.62. The molecule has 5 heteroatoms. The molecule has 0 fully saturated rings. The van der Waals surface area contributed by atoms with Crippen LogP contribution in [0.25, 0.3) is 0 Å². The molecule has 0 aliphatic rings. The lowest BCUT2D eigenvalue weighted by molar-refractivity contribution is -0.384. The van der Waals surface area contributed by atoms with E-state index in [0.717, 1.165) is 24.1 Å². The van der Waals surface area contributed by atoms with Crippen molar-refractivity contribution in [1.82, 2.24) is 4.57 Å². The highest BCUT2D eigenvalue weighted by atomic mass is 16.6. The fraction of sp³-hybridized carbons (Fsp3) is 0.333. The number of anilines is 1. The fourth-order valence-electron chi connectivity index (χ4n) is 2.14. The van der Waals surface area contributed by atoms with Crippen molar-refractivity contribution in [2.75, 3.05) is 5.32 Å². The number of nitrogens with one attached hydrogen (secondary N) is 1. The van der Waals surface area contributed by atoms with Gasteiger partial charge < -0.3 is 9.88 Å². The molecule has 106 valence electrons. The molecule has 5 nitrogen and oxygen atoms in total. The van der Waals surface area contributed by atoms with E-state index in [1.54, 1.807) is 18.2 Å². The first-order chi connectivity index (χ1) is 9.60. The molecule has 0 aliphatic heterocycles. The van der Waals surface area contributed by atoms with Crippen LogP contribution in [0, 0.1) is 17.0 Å². The van der Waals surface area contributed by atoms with Gasteiger partial charge in [0, 0.05) is 31.5 Å². The van der Waals surface area contributed by atoms with E-state index >= 15 is 0 Å². The molecule has 0 radical (unpaired) electrons.